The zero-order chi connectivity index (χ0) is 13.1. The molecule has 0 bridgehead atoms. The van der Waals surface area contributed by atoms with Crippen molar-refractivity contribution in [3.63, 3.8) is 0 Å². The number of nitrogens with zero attached hydrogens (tertiary/aromatic N) is 1. The van der Waals surface area contributed by atoms with E-state index in [1.165, 1.54) is 6.42 Å². The van der Waals surface area contributed by atoms with Crippen molar-refractivity contribution in [2.75, 3.05) is 25.0 Å². The summed E-state index contributed by atoms with van der Waals surface area (Å²) in [6.07, 6.45) is 1.20. The van der Waals surface area contributed by atoms with Gasteiger partial charge in [-0.2, -0.15) is 0 Å². The van der Waals surface area contributed by atoms with Gasteiger partial charge < -0.3 is 5.32 Å². The minimum atomic E-state index is 0.0748. The van der Waals surface area contributed by atoms with Gasteiger partial charge in [-0.3, -0.25) is 9.69 Å². The van der Waals surface area contributed by atoms with Crippen LogP contribution in [-0.4, -0.2) is 30.4 Å². The molecule has 1 aromatic rings. The molecule has 1 heterocycles. The van der Waals surface area contributed by atoms with E-state index in [1.807, 2.05) is 25.1 Å². The molecule has 1 amide bonds. The average molecular weight is 311 g/mol. The Morgan fingerprint density at radius 2 is 2.33 bits per heavy atom. The van der Waals surface area contributed by atoms with E-state index in [2.05, 4.69) is 33.1 Å². The number of aryl methyl sites for hydroxylation is 1. The van der Waals surface area contributed by atoms with E-state index in [9.17, 15) is 4.79 Å². The lowest BCUT2D eigenvalue weighted by atomic mass is 10.2. The number of hydrogen-bond donors (Lipinski definition) is 1. The third-order valence-corrected chi connectivity index (χ3v) is 4.21. The molecule has 4 heteroatoms. The van der Waals surface area contributed by atoms with E-state index < -0.39 is 0 Å². The van der Waals surface area contributed by atoms with Crippen LogP contribution >= 0.6 is 15.9 Å². The molecular weight excluding hydrogens is 292 g/mol. The van der Waals surface area contributed by atoms with Crippen molar-refractivity contribution in [2.45, 2.75) is 20.3 Å². The van der Waals surface area contributed by atoms with E-state index in [1.54, 1.807) is 0 Å². The van der Waals surface area contributed by atoms with Gasteiger partial charge in [-0.1, -0.05) is 22.9 Å². The van der Waals surface area contributed by atoms with E-state index >= 15 is 0 Å². The van der Waals surface area contributed by atoms with Gasteiger partial charge in [0.05, 0.1) is 6.54 Å². The van der Waals surface area contributed by atoms with Gasteiger partial charge in [0, 0.05) is 16.7 Å². The van der Waals surface area contributed by atoms with Gasteiger partial charge in [0.1, 0.15) is 0 Å². The molecule has 0 aliphatic carbocycles. The molecule has 1 aliphatic heterocycles. The standard InChI is InChI=1S/C14H19BrN2O/c1-10-5-6-17(8-10)9-14(18)16-12-3-4-13(15)11(2)7-12/h3-4,7,10H,5-6,8-9H2,1-2H3,(H,16,18). The summed E-state index contributed by atoms with van der Waals surface area (Å²) in [5, 5.41) is 2.95. The second-order valence-electron chi connectivity index (χ2n) is 5.14. The fraction of sp³-hybridized carbons (Fsp3) is 0.500. The molecule has 2 rings (SSSR count). The Balaban J connectivity index is 1.89. The van der Waals surface area contributed by atoms with Gasteiger partial charge >= 0.3 is 0 Å². The first-order valence-corrected chi connectivity index (χ1v) is 7.12. The summed E-state index contributed by atoms with van der Waals surface area (Å²) >= 11 is 3.45. The first-order chi connectivity index (χ1) is 8.54. The summed E-state index contributed by atoms with van der Waals surface area (Å²) in [4.78, 5) is 14.1. The lowest BCUT2D eigenvalue weighted by molar-refractivity contribution is -0.117. The van der Waals surface area contributed by atoms with Crippen molar-refractivity contribution in [3.8, 4) is 0 Å². The molecule has 1 aromatic carbocycles. The molecule has 18 heavy (non-hydrogen) atoms. The first kappa shape index (κ1) is 13.6. The van der Waals surface area contributed by atoms with Crippen molar-refractivity contribution in [3.05, 3.63) is 28.2 Å². The first-order valence-electron chi connectivity index (χ1n) is 6.33. The summed E-state index contributed by atoms with van der Waals surface area (Å²) in [6.45, 7) is 6.82. The van der Waals surface area contributed by atoms with Crippen LogP contribution in [0.5, 0.6) is 0 Å². The van der Waals surface area contributed by atoms with Gasteiger partial charge in [-0.25, -0.2) is 0 Å². The molecule has 3 nitrogen and oxygen atoms in total. The van der Waals surface area contributed by atoms with Gasteiger partial charge in [0.25, 0.3) is 0 Å². The Kier molecular flexibility index (Phi) is 4.40. The summed E-state index contributed by atoms with van der Waals surface area (Å²) in [5.41, 5.74) is 2.00. The molecule has 1 aliphatic rings. The highest BCUT2D eigenvalue weighted by Gasteiger charge is 2.20. The normalized spacial score (nSPS) is 20.1. The highest BCUT2D eigenvalue weighted by molar-refractivity contribution is 9.10. The van der Waals surface area contributed by atoms with E-state index in [0.29, 0.717) is 12.5 Å². The zero-order valence-electron chi connectivity index (χ0n) is 10.9. The molecule has 0 aromatic heterocycles. The smallest absolute Gasteiger partial charge is 0.238 e. The number of rotatable bonds is 3. The van der Waals surface area contributed by atoms with Gasteiger partial charge in [-0.05, 0) is 49.6 Å². The molecule has 1 unspecified atom stereocenters. The van der Waals surface area contributed by atoms with Crippen LogP contribution in [0.15, 0.2) is 22.7 Å². The second-order valence-corrected chi connectivity index (χ2v) is 6.00. The average Bonchev–Trinajstić information content (AvgIpc) is 2.69. The van der Waals surface area contributed by atoms with Crippen LogP contribution < -0.4 is 5.32 Å². The van der Waals surface area contributed by atoms with Crippen LogP contribution in [0.2, 0.25) is 0 Å². The minimum Gasteiger partial charge on any atom is -0.325 e. The maximum atomic E-state index is 11.9. The largest absolute Gasteiger partial charge is 0.325 e. The van der Waals surface area contributed by atoms with E-state index in [4.69, 9.17) is 0 Å². The van der Waals surface area contributed by atoms with Crippen LogP contribution in [0.4, 0.5) is 5.69 Å². The monoisotopic (exact) mass is 310 g/mol. The molecule has 98 valence electrons. The predicted octanol–water partition coefficient (Wildman–Crippen LogP) is 3.04. The topological polar surface area (TPSA) is 32.3 Å². The second kappa shape index (κ2) is 5.85. The number of carbonyl (C=O) groups is 1. The summed E-state index contributed by atoms with van der Waals surface area (Å²) < 4.78 is 1.06. The molecule has 0 radical (unpaired) electrons. The fourth-order valence-corrected chi connectivity index (χ4v) is 2.54. The van der Waals surface area contributed by atoms with Gasteiger partial charge in [-0.15, -0.1) is 0 Å². The Hall–Kier alpha value is -0.870. The number of likely N-dealkylation sites (tertiary alicyclic amines) is 1. The third-order valence-electron chi connectivity index (χ3n) is 3.32. The Morgan fingerprint density at radius 1 is 1.56 bits per heavy atom. The number of hydrogen-bond acceptors (Lipinski definition) is 2. The molecule has 1 N–H and O–H groups in total. The van der Waals surface area contributed by atoms with E-state index in [-0.39, 0.29) is 5.91 Å². The van der Waals surface area contributed by atoms with Crippen molar-refractivity contribution in [2.24, 2.45) is 5.92 Å². The summed E-state index contributed by atoms with van der Waals surface area (Å²) in [6, 6.07) is 5.86. The lowest BCUT2D eigenvalue weighted by Gasteiger charge is -2.15. The maximum absolute atomic E-state index is 11.9. The molecule has 1 atom stereocenters. The van der Waals surface area contributed by atoms with E-state index in [0.717, 1.165) is 28.8 Å². The van der Waals surface area contributed by atoms with Crippen molar-refractivity contribution in [1.29, 1.82) is 0 Å². The van der Waals surface area contributed by atoms with Crippen LogP contribution in [0.1, 0.15) is 18.9 Å². The number of carbonyl (C=O) groups excluding carboxylic acids is 1. The van der Waals surface area contributed by atoms with Crippen LogP contribution in [0.3, 0.4) is 0 Å². The Morgan fingerprint density at radius 3 is 2.94 bits per heavy atom. The van der Waals surface area contributed by atoms with Gasteiger partial charge in [0.15, 0.2) is 0 Å². The van der Waals surface area contributed by atoms with Crippen LogP contribution in [0, 0.1) is 12.8 Å². The van der Waals surface area contributed by atoms with Crippen molar-refractivity contribution in [1.82, 2.24) is 4.90 Å². The van der Waals surface area contributed by atoms with Crippen LogP contribution in [-0.2, 0) is 4.79 Å². The maximum Gasteiger partial charge on any atom is 0.238 e. The third kappa shape index (κ3) is 3.56. The lowest BCUT2D eigenvalue weighted by Crippen LogP contribution is -2.31. The molecular formula is C14H19BrN2O. The summed E-state index contributed by atoms with van der Waals surface area (Å²) in [7, 11) is 0. The molecule has 1 fully saturated rings. The zero-order valence-corrected chi connectivity index (χ0v) is 12.5. The highest BCUT2D eigenvalue weighted by Crippen LogP contribution is 2.20. The van der Waals surface area contributed by atoms with Crippen molar-refractivity contribution >= 4 is 27.5 Å². The van der Waals surface area contributed by atoms with Crippen molar-refractivity contribution < 1.29 is 4.79 Å². The molecule has 0 spiro atoms. The Bertz CT molecular complexity index is 447. The summed E-state index contributed by atoms with van der Waals surface area (Å²) in [5.74, 6) is 0.790. The minimum absolute atomic E-state index is 0.0748. The van der Waals surface area contributed by atoms with Gasteiger partial charge in [0.2, 0.25) is 5.91 Å². The molecule has 0 saturated carbocycles. The Labute approximate surface area is 117 Å². The highest BCUT2D eigenvalue weighted by atomic mass is 79.9. The van der Waals surface area contributed by atoms with Crippen LogP contribution in [0.25, 0.3) is 0 Å². The SMILES string of the molecule is Cc1cc(NC(=O)CN2CCC(C)C2)ccc1Br. The quantitative estimate of drug-likeness (QED) is 0.930. The number of halogens is 1. The number of amides is 1. The number of nitrogens with one attached hydrogen (secondary N) is 1. The fourth-order valence-electron chi connectivity index (χ4n) is 2.30. The number of anilines is 1. The predicted molar refractivity (Wildman–Crippen MR) is 77.7 cm³/mol. The molecule has 1 saturated heterocycles. The number of benzene rings is 1.